The Morgan fingerprint density at radius 2 is 1.90 bits per heavy atom. The molecule has 1 aromatic heterocycles. The predicted octanol–water partition coefficient (Wildman–Crippen LogP) is 1.17. The number of piperazine rings is 1. The number of rotatable bonds is 6. The first kappa shape index (κ1) is 22.4. The van der Waals surface area contributed by atoms with Gasteiger partial charge in [0.25, 0.3) is 5.91 Å². The predicted molar refractivity (Wildman–Crippen MR) is 119 cm³/mol. The summed E-state index contributed by atoms with van der Waals surface area (Å²) >= 11 is 1.47. The maximum absolute atomic E-state index is 13.0. The summed E-state index contributed by atoms with van der Waals surface area (Å²) in [5.74, 6) is 0.215. The van der Waals surface area contributed by atoms with Crippen LogP contribution in [0.3, 0.4) is 0 Å². The smallest absolute Gasteiger partial charge is 0.253 e. The maximum Gasteiger partial charge on any atom is 0.253 e. The van der Waals surface area contributed by atoms with E-state index < -0.39 is 19.9 Å². The molecule has 1 atom stereocenters. The lowest BCUT2D eigenvalue weighted by Gasteiger charge is -2.37. The van der Waals surface area contributed by atoms with E-state index in [1.807, 2.05) is 17.5 Å². The molecular weight excluding hydrogens is 458 g/mol. The highest BCUT2D eigenvalue weighted by molar-refractivity contribution is 7.91. The molecule has 2 aliphatic rings. The van der Waals surface area contributed by atoms with Crippen molar-refractivity contribution in [3.63, 3.8) is 0 Å². The molecule has 2 saturated heterocycles. The lowest BCUT2D eigenvalue weighted by atomic mass is 10.1. The Morgan fingerprint density at radius 1 is 1.13 bits per heavy atom. The van der Waals surface area contributed by atoms with Gasteiger partial charge in [0.2, 0.25) is 10.0 Å². The van der Waals surface area contributed by atoms with E-state index in [1.54, 1.807) is 17.0 Å². The fraction of sp³-hybridized carbons (Fsp3) is 0.450. The summed E-state index contributed by atoms with van der Waals surface area (Å²) in [5.41, 5.74) is 0.330. The summed E-state index contributed by atoms with van der Waals surface area (Å²) in [6.07, 6.45) is 0.647. The number of thiophene rings is 1. The van der Waals surface area contributed by atoms with E-state index in [-0.39, 0.29) is 34.9 Å². The van der Waals surface area contributed by atoms with Gasteiger partial charge in [-0.3, -0.25) is 9.69 Å². The minimum absolute atomic E-state index is 0.0325. The van der Waals surface area contributed by atoms with Gasteiger partial charge < -0.3 is 4.90 Å². The normalized spacial score (nSPS) is 21.9. The molecule has 11 heteroatoms. The second-order valence-electron chi connectivity index (χ2n) is 7.82. The molecule has 1 unspecified atom stereocenters. The number of carbonyl (C=O) groups excluding carboxylic acids is 1. The molecule has 4 rings (SSSR count). The van der Waals surface area contributed by atoms with Gasteiger partial charge in [-0.05, 0) is 36.1 Å². The zero-order chi connectivity index (χ0) is 22.1. The molecule has 1 aromatic carbocycles. The number of benzene rings is 1. The fourth-order valence-corrected chi connectivity index (χ4v) is 7.54. The van der Waals surface area contributed by atoms with Crippen molar-refractivity contribution in [1.29, 1.82) is 0 Å². The Morgan fingerprint density at radius 3 is 2.55 bits per heavy atom. The topological polar surface area (TPSA) is 104 Å². The summed E-state index contributed by atoms with van der Waals surface area (Å²) in [5, 5.41) is 1.88. The molecule has 1 amide bonds. The molecule has 3 heterocycles. The summed E-state index contributed by atoms with van der Waals surface area (Å²) < 4.78 is 51.3. The summed E-state index contributed by atoms with van der Waals surface area (Å²) in [4.78, 5) is 17.8. The van der Waals surface area contributed by atoms with E-state index in [4.69, 9.17) is 0 Å². The molecular formula is C20H25N3O5S3. The number of nitrogens with zero attached hydrogens (tertiary/aromatic N) is 2. The number of sulfone groups is 1. The molecule has 8 nitrogen and oxygen atoms in total. The van der Waals surface area contributed by atoms with Crippen LogP contribution in [0.2, 0.25) is 0 Å². The monoisotopic (exact) mass is 483 g/mol. The van der Waals surface area contributed by atoms with E-state index in [9.17, 15) is 21.6 Å². The van der Waals surface area contributed by atoms with E-state index in [1.165, 1.54) is 23.5 Å². The molecule has 0 spiro atoms. The van der Waals surface area contributed by atoms with Crippen LogP contribution in [-0.4, -0.2) is 76.3 Å². The van der Waals surface area contributed by atoms with Crippen molar-refractivity contribution in [3.8, 4) is 0 Å². The fourth-order valence-electron chi connectivity index (χ4n) is 4.00. The molecule has 0 saturated carbocycles. The quantitative estimate of drug-likeness (QED) is 0.662. The van der Waals surface area contributed by atoms with Gasteiger partial charge in [0, 0.05) is 49.2 Å². The van der Waals surface area contributed by atoms with Crippen LogP contribution in [0.4, 0.5) is 0 Å². The number of hydrogen-bond donors (Lipinski definition) is 1. The SMILES string of the molecule is O=C(c1cccc(S(=O)(=O)NCc2cccs2)c1)N1CCN(C2CCS(=O)(=O)C2)CC1. The maximum atomic E-state index is 13.0. The molecule has 2 aromatic rings. The molecule has 0 radical (unpaired) electrons. The molecule has 0 bridgehead atoms. The lowest BCUT2D eigenvalue weighted by molar-refractivity contribution is 0.0587. The lowest BCUT2D eigenvalue weighted by Crippen LogP contribution is -2.52. The van der Waals surface area contributed by atoms with Gasteiger partial charge >= 0.3 is 0 Å². The van der Waals surface area contributed by atoms with Crippen molar-refractivity contribution in [2.75, 3.05) is 37.7 Å². The van der Waals surface area contributed by atoms with Crippen LogP contribution < -0.4 is 4.72 Å². The summed E-state index contributed by atoms with van der Waals surface area (Å²) in [6, 6.07) is 9.83. The van der Waals surface area contributed by atoms with Crippen LogP contribution in [-0.2, 0) is 26.4 Å². The highest BCUT2D eigenvalue weighted by atomic mass is 32.2. The van der Waals surface area contributed by atoms with Crippen molar-refractivity contribution >= 4 is 37.1 Å². The van der Waals surface area contributed by atoms with Crippen LogP contribution in [0.25, 0.3) is 0 Å². The molecule has 1 N–H and O–H groups in total. The average Bonchev–Trinajstić information content (AvgIpc) is 3.41. The molecule has 2 aliphatic heterocycles. The second kappa shape index (κ2) is 8.99. The Balaban J connectivity index is 1.38. The zero-order valence-corrected chi connectivity index (χ0v) is 19.4. The molecule has 0 aliphatic carbocycles. The number of amides is 1. The van der Waals surface area contributed by atoms with Gasteiger partial charge in [-0.15, -0.1) is 11.3 Å². The Kier molecular flexibility index (Phi) is 6.50. The third kappa shape index (κ3) is 5.35. The van der Waals surface area contributed by atoms with Gasteiger partial charge in [0.15, 0.2) is 9.84 Å². The standard InChI is InChI=1S/C20H25N3O5S3/c24-20(23-9-7-22(8-10-23)17-6-12-30(25,26)15-17)16-3-1-5-19(13-16)31(27,28)21-14-18-4-2-11-29-18/h1-5,11,13,17,21H,6-10,12,14-15H2. The minimum atomic E-state index is -3.73. The van der Waals surface area contributed by atoms with Crippen molar-refractivity contribution < 1.29 is 21.6 Å². The first-order valence-corrected chi connectivity index (χ1v) is 14.3. The average molecular weight is 484 g/mol. The van der Waals surface area contributed by atoms with Crippen molar-refractivity contribution in [2.45, 2.75) is 23.9 Å². The van der Waals surface area contributed by atoms with Crippen LogP contribution >= 0.6 is 11.3 Å². The first-order valence-electron chi connectivity index (χ1n) is 10.1. The van der Waals surface area contributed by atoms with Gasteiger partial charge in [-0.1, -0.05) is 12.1 Å². The number of nitrogens with one attached hydrogen (secondary N) is 1. The summed E-state index contributed by atoms with van der Waals surface area (Å²) in [7, 11) is -6.67. The number of carbonyl (C=O) groups is 1. The largest absolute Gasteiger partial charge is 0.336 e. The number of sulfonamides is 1. The highest BCUT2D eigenvalue weighted by Crippen LogP contribution is 2.21. The summed E-state index contributed by atoms with van der Waals surface area (Å²) in [6.45, 7) is 2.42. The van der Waals surface area contributed by atoms with E-state index in [0.717, 1.165) is 4.88 Å². The van der Waals surface area contributed by atoms with Gasteiger partial charge in [-0.2, -0.15) is 0 Å². The van der Waals surface area contributed by atoms with Crippen LogP contribution in [0.1, 0.15) is 21.7 Å². The third-order valence-corrected chi connectivity index (χ3v) is 9.76. The molecule has 168 valence electrons. The minimum Gasteiger partial charge on any atom is -0.336 e. The van der Waals surface area contributed by atoms with E-state index in [2.05, 4.69) is 9.62 Å². The zero-order valence-electron chi connectivity index (χ0n) is 16.9. The van der Waals surface area contributed by atoms with Gasteiger partial charge in [-0.25, -0.2) is 21.6 Å². The number of hydrogen-bond acceptors (Lipinski definition) is 7. The Labute approximate surface area is 186 Å². The van der Waals surface area contributed by atoms with Gasteiger partial charge in [0.05, 0.1) is 16.4 Å². The van der Waals surface area contributed by atoms with E-state index in [0.29, 0.717) is 38.2 Å². The van der Waals surface area contributed by atoms with Crippen molar-refractivity contribution in [3.05, 3.63) is 52.2 Å². The van der Waals surface area contributed by atoms with Crippen molar-refractivity contribution in [2.24, 2.45) is 0 Å². The second-order valence-corrected chi connectivity index (χ2v) is 12.8. The Hall–Kier alpha value is -1.79. The Bertz CT molecular complexity index is 1140. The third-order valence-electron chi connectivity index (χ3n) is 5.73. The van der Waals surface area contributed by atoms with E-state index >= 15 is 0 Å². The van der Waals surface area contributed by atoms with Crippen LogP contribution in [0.5, 0.6) is 0 Å². The van der Waals surface area contributed by atoms with Crippen LogP contribution in [0, 0.1) is 0 Å². The molecule has 2 fully saturated rings. The highest BCUT2D eigenvalue weighted by Gasteiger charge is 2.34. The first-order chi connectivity index (χ1) is 14.7. The van der Waals surface area contributed by atoms with Crippen molar-refractivity contribution in [1.82, 2.24) is 14.5 Å². The van der Waals surface area contributed by atoms with Gasteiger partial charge in [0.1, 0.15) is 0 Å². The van der Waals surface area contributed by atoms with Crippen LogP contribution in [0.15, 0.2) is 46.7 Å². The molecule has 31 heavy (non-hydrogen) atoms.